The molecule has 0 bridgehead atoms. The van der Waals surface area contributed by atoms with Crippen LogP contribution in [0.15, 0.2) is 60.9 Å². The van der Waals surface area contributed by atoms with Gasteiger partial charge in [-0.25, -0.2) is 9.67 Å². The Labute approximate surface area is 135 Å². The second-order valence-electron chi connectivity index (χ2n) is 5.23. The van der Waals surface area contributed by atoms with Crippen LogP contribution in [0.25, 0.3) is 5.82 Å². The Hall–Kier alpha value is -2.95. The number of nitrogens with one attached hydrogen (secondary N) is 1. The predicted octanol–water partition coefficient (Wildman–Crippen LogP) is 2.55. The lowest BCUT2D eigenvalue weighted by molar-refractivity contribution is 0.0953. The van der Waals surface area contributed by atoms with Crippen molar-refractivity contribution >= 4 is 5.91 Å². The number of benzene rings is 1. The number of hydrogen-bond acceptors (Lipinski definition) is 3. The van der Waals surface area contributed by atoms with Crippen molar-refractivity contribution in [2.24, 2.45) is 0 Å². The van der Waals surface area contributed by atoms with Gasteiger partial charge in [0.2, 0.25) is 0 Å². The van der Waals surface area contributed by atoms with E-state index in [9.17, 15) is 4.79 Å². The molecule has 2 aromatic heterocycles. The van der Waals surface area contributed by atoms with Crippen molar-refractivity contribution in [3.8, 4) is 5.82 Å². The molecule has 1 amide bonds. The maximum atomic E-state index is 12.3. The number of nitrogens with zero attached hydrogens (tertiary/aromatic N) is 3. The van der Waals surface area contributed by atoms with Crippen LogP contribution in [0, 0.1) is 6.92 Å². The van der Waals surface area contributed by atoms with E-state index >= 15 is 0 Å². The van der Waals surface area contributed by atoms with Crippen molar-refractivity contribution in [2.75, 3.05) is 6.54 Å². The summed E-state index contributed by atoms with van der Waals surface area (Å²) in [6.45, 7) is 2.46. The highest BCUT2D eigenvalue weighted by Crippen LogP contribution is 2.12. The number of rotatable bonds is 5. The zero-order chi connectivity index (χ0) is 16.1. The minimum Gasteiger partial charge on any atom is -0.352 e. The van der Waals surface area contributed by atoms with Crippen LogP contribution in [-0.4, -0.2) is 27.2 Å². The third-order valence-corrected chi connectivity index (χ3v) is 3.66. The fraction of sp³-hybridized carbons (Fsp3) is 0.167. The molecule has 0 radical (unpaired) electrons. The summed E-state index contributed by atoms with van der Waals surface area (Å²) in [7, 11) is 0. The Morgan fingerprint density at radius 1 is 1.13 bits per heavy atom. The number of carbonyl (C=O) groups excluding carboxylic acids is 1. The van der Waals surface area contributed by atoms with Gasteiger partial charge >= 0.3 is 0 Å². The second-order valence-corrected chi connectivity index (χ2v) is 5.23. The highest BCUT2D eigenvalue weighted by Gasteiger charge is 2.15. The van der Waals surface area contributed by atoms with Crippen LogP contribution >= 0.6 is 0 Å². The first-order valence-electron chi connectivity index (χ1n) is 7.54. The van der Waals surface area contributed by atoms with Crippen molar-refractivity contribution < 1.29 is 4.79 Å². The SMILES string of the molecule is Cc1c(C(=O)NCCc2ccccc2)cnn1-c1ccccn1. The smallest absolute Gasteiger partial charge is 0.254 e. The lowest BCUT2D eigenvalue weighted by atomic mass is 10.1. The summed E-state index contributed by atoms with van der Waals surface area (Å²) in [5.74, 6) is 0.592. The van der Waals surface area contributed by atoms with Gasteiger partial charge in [0, 0.05) is 12.7 Å². The quantitative estimate of drug-likeness (QED) is 0.788. The molecule has 2 heterocycles. The maximum absolute atomic E-state index is 12.3. The zero-order valence-electron chi connectivity index (χ0n) is 12.9. The molecule has 3 rings (SSSR count). The van der Waals surface area contributed by atoms with Crippen molar-refractivity contribution in [1.82, 2.24) is 20.1 Å². The lowest BCUT2D eigenvalue weighted by Crippen LogP contribution is -2.26. The molecule has 1 N–H and O–H groups in total. The van der Waals surface area contributed by atoms with Crippen LogP contribution in [0.4, 0.5) is 0 Å². The fourth-order valence-corrected chi connectivity index (χ4v) is 2.40. The molecule has 5 nitrogen and oxygen atoms in total. The first-order valence-corrected chi connectivity index (χ1v) is 7.54. The summed E-state index contributed by atoms with van der Waals surface area (Å²) in [4.78, 5) is 16.6. The molecule has 0 aliphatic rings. The van der Waals surface area contributed by atoms with Crippen LogP contribution in [0.5, 0.6) is 0 Å². The molecule has 0 aliphatic carbocycles. The predicted molar refractivity (Wildman–Crippen MR) is 88.6 cm³/mol. The molecule has 0 fully saturated rings. The van der Waals surface area contributed by atoms with Gasteiger partial charge in [0.05, 0.1) is 17.5 Å². The molecule has 5 heteroatoms. The van der Waals surface area contributed by atoms with Gasteiger partial charge in [0.1, 0.15) is 0 Å². The highest BCUT2D eigenvalue weighted by atomic mass is 16.1. The molecule has 0 atom stereocenters. The second kappa shape index (κ2) is 6.87. The van der Waals surface area contributed by atoms with Crippen LogP contribution in [0.3, 0.4) is 0 Å². The number of carbonyl (C=O) groups is 1. The lowest BCUT2D eigenvalue weighted by Gasteiger charge is -2.06. The molecule has 3 aromatic rings. The molecular weight excluding hydrogens is 288 g/mol. The van der Waals surface area contributed by atoms with E-state index in [-0.39, 0.29) is 5.91 Å². The van der Waals surface area contributed by atoms with Gasteiger partial charge in [-0.2, -0.15) is 5.10 Å². The van der Waals surface area contributed by atoms with Crippen molar-refractivity contribution in [1.29, 1.82) is 0 Å². The summed E-state index contributed by atoms with van der Waals surface area (Å²) < 4.78 is 1.67. The van der Waals surface area contributed by atoms with Crippen LogP contribution in [0.2, 0.25) is 0 Å². The molecule has 0 spiro atoms. The van der Waals surface area contributed by atoms with Gasteiger partial charge in [-0.15, -0.1) is 0 Å². The van der Waals surface area contributed by atoms with E-state index in [2.05, 4.69) is 27.5 Å². The molecule has 23 heavy (non-hydrogen) atoms. The van der Waals surface area contributed by atoms with Crippen molar-refractivity contribution in [3.63, 3.8) is 0 Å². The summed E-state index contributed by atoms with van der Waals surface area (Å²) >= 11 is 0. The topological polar surface area (TPSA) is 59.8 Å². The van der Waals surface area contributed by atoms with E-state index in [0.717, 1.165) is 12.1 Å². The Kier molecular flexibility index (Phi) is 4.47. The molecule has 116 valence electrons. The molecule has 0 aliphatic heterocycles. The normalized spacial score (nSPS) is 10.5. The van der Waals surface area contributed by atoms with Crippen molar-refractivity contribution in [3.05, 3.63) is 77.7 Å². The van der Waals surface area contributed by atoms with Gasteiger partial charge < -0.3 is 5.32 Å². The van der Waals surface area contributed by atoms with Gasteiger partial charge in [-0.3, -0.25) is 4.79 Å². The Bertz CT molecular complexity index is 781. The number of pyridine rings is 1. The average molecular weight is 306 g/mol. The van der Waals surface area contributed by atoms with E-state index in [1.807, 2.05) is 43.3 Å². The summed E-state index contributed by atoms with van der Waals surface area (Å²) in [6, 6.07) is 15.7. The minimum absolute atomic E-state index is 0.111. The van der Waals surface area contributed by atoms with Gasteiger partial charge in [0.15, 0.2) is 5.82 Å². The van der Waals surface area contributed by atoms with Gasteiger partial charge in [-0.1, -0.05) is 36.4 Å². The minimum atomic E-state index is -0.111. The fourth-order valence-electron chi connectivity index (χ4n) is 2.40. The molecular formula is C18H18N4O. The first kappa shape index (κ1) is 15.0. The van der Waals surface area contributed by atoms with E-state index < -0.39 is 0 Å². The third kappa shape index (κ3) is 3.45. The number of aromatic nitrogens is 3. The van der Waals surface area contributed by atoms with E-state index in [1.54, 1.807) is 17.1 Å². The van der Waals surface area contributed by atoms with Crippen LogP contribution in [0.1, 0.15) is 21.6 Å². The maximum Gasteiger partial charge on any atom is 0.254 e. The molecule has 0 saturated heterocycles. The monoisotopic (exact) mass is 306 g/mol. The Morgan fingerprint density at radius 2 is 1.91 bits per heavy atom. The molecule has 1 aromatic carbocycles. The number of amides is 1. The Balaban J connectivity index is 1.65. The van der Waals surface area contributed by atoms with Gasteiger partial charge in [-0.05, 0) is 31.0 Å². The molecule has 0 unspecified atom stereocenters. The highest BCUT2D eigenvalue weighted by molar-refractivity contribution is 5.95. The van der Waals surface area contributed by atoms with Gasteiger partial charge in [0.25, 0.3) is 5.91 Å². The third-order valence-electron chi connectivity index (χ3n) is 3.66. The standard InChI is InChI=1S/C18H18N4O/c1-14-16(13-21-22(14)17-9-5-6-11-19-17)18(23)20-12-10-15-7-3-2-4-8-15/h2-9,11,13H,10,12H2,1H3,(H,20,23). The summed E-state index contributed by atoms with van der Waals surface area (Å²) in [6.07, 6.45) is 4.10. The zero-order valence-corrected chi connectivity index (χ0v) is 12.9. The van der Waals surface area contributed by atoms with E-state index in [4.69, 9.17) is 0 Å². The average Bonchev–Trinajstić information content (AvgIpc) is 2.98. The van der Waals surface area contributed by atoms with E-state index in [1.165, 1.54) is 5.56 Å². The largest absolute Gasteiger partial charge is 0.352 e. The van der Waals surface area contributed by atoms with Crippen LogP contribution < -0.4 is 5.32 Å². The summed E-state index contributed by atoms with van der Waals surface area (Å²) in [5.41, 5.74) is 2.55. The van der Waals surface area contributed by atoms with E-state index in [0.29, 0.717) is 17.9 Å². The Morgan fingerprint density at radius 3 is 2.65 bits per heavy atom. The first-order chi connectivity index (χ1) is 11.3. The molecule has 0 saturated carbocycles. The number of hydrogen-bond donors (Lipinski definition) is 1. The van der Waals surface area contributed by atoms with Crippen molar-refractivity contribution in [2.45, 2.75) is 13.3 Å². The van der Waals surface area contributed by atoms with Crippen LogP contribution in [-0.2, 0) is 6.42 Å². The summed E-state index contributed by atoms with van der Waals surface area (Å²) in [5, 5.41) is 7.21.